The maximum Gasteiger partial charge on any atom is 0.166 e. The predicted molar refractivity (Wildman–Crippen MR) is 68.5 cm³/mol. The standard InChI is InChI=1S/C11H13BrClFN2/c12-8-1-2-9(11(14)10(8)13)16-5-3-7(15)4-6-16/h1-2,7H,3-6,15H2. The Kier molecular flexibility index (Phi) is 3.72. The van der Waals surface area contributed by atoms with Crippen LogP contribution in [0.5, 0.6) is 0 Å². The Morgan fingerprint density at radius 2 is 2.00 bits per heavy atom. The van der Waals surface area contributed by atoms with Crippen molar-refractivity contribution in [2.45, 2.75) is 18.9 Å². The summed E-state index contributed by atoms with van der Waals surface area (Å²) in [7, 11) is 0. The zero-order chi connectivity index (χ0) is 11.7. The monoisotopic (exact) mass is 306 g/mol. The number of rotatable bonds is 1. The first kappa shape index (κ1) is 12.1. The Labute approximate surface area is 108 Å². The molecule has 1 heterocycles. The first-order chi connectivity index (χ1) is 7.59. The SMILES string of the molecule is NC1CCN(c2ccc(Br)c(Cl)c2F)CC1. The summed E-state index contributed by atoms with van der Waals surface area (Å²) in [6, 6.07) is 3.77. The van der Waals surface area contributed by atoms with Crippen LogP contribution in [0.3, 0.4) is 0 Å². The van der Waals surface area contributed by atoms with Gasteiger partial charge in [-0.05, 0) is 40.9 Å². The summed E-state index contributed by atoms with van der Waals surface area (Å²) >= 11 is 9.06. The van der Waals surface area contributed by atoms with Gasteiger partial charge < -0.3 is 10.6 Å². The second kappa shape index (κ2) is 4.90. The molecule has 1 aliphatic rings. The second-order valence-electron chi connectivity index (χ2n) is 4.02. The number of piperidine rings is 1. The van der Waals surface area contributed by atoms with Crippen molar-refractivity contribution in [2.75, 3.05) is 18.0 Å². The van der Waals surface area contributed by atoms with E-state index in [-0.39, 0.29) is 16.9 Å². The van der Waals surface area contributed by atoms with Gasteiger partial charge in [0.15, 0.2) is 5.82 Å². The van der Waals surface area contributed by atoms with Gasteiger partial charge in [0.1, 0.15) is 0 Å². The molecule has 0 amide bonds. The van der Waals surface area contributed by atoms with Crippen LogP contribution in [0, 0.1) is 5.82 Å². The predicted octanol–water partition coefficient (Wildman–Crippen LogP) is 3.17. The number of nitrogens with zero attached hydrogens (tertiary/aromatic N) is 1. The largest absolute Gasteiger partial charge is 0.369 e. The zero-order valence-electron chi connectivity index (χ0n) is 8.72. The molecule has 1 fully saturated rings. The van der Waals surface area contributed by atoms with Crippen LogP contribution in [0.15, 0.2) is 16.6 Å². The molecule has 2 nitrogen and oxygen atoms in total. The molecule has 0 atom stereocenters. The Bertz CT molecular complexity index is 392. The minimum Gasteiger partial charge on any atom is -0.369 e. The molecule has 2 N–H and O–H groups in total. The van der Waals surface area contributed by atoms with Crippen LogP contribution in [0.4, 0.5) is 10.1 Å². The molecule has 0 unspecified atom stereocenters. The van der Waals surface area contributed by atoms with E-state index in [1.807, 2.05) is 4.90 Å². The van der Waals surface area contributed by atoms with Gasteiger partial charge in [-0.25, -0.2) is 4.39 Å². The highest BCUT2D eigenvalue weighted by atomic mass is 79.9. The summed E-state index contributed by atoms with van der Waals surface area (Å²) in [5, 5.41) is 0.146. The van der Waals surface area contributed by atoms with E-state index in [0.29, 0.717) is 10.2 Å². The van der Waals surface area contributed by atoms with Gasteiger partial charge >= 0.3 is 0 Å². The molecule has 5 heteroatoms. The van der Waals surface area contributed by atoms with Crippen LogP contribution >= 0.6 is 27.5 Å². The highest BCUT2D eigenvalue weighted by Gasteiger charge is 2.20. The van der Waals surface area contributed by atoms with Gasteiger partial charge in [0, 0.05) is 23.6 Å². The van der Waals surface area contributed by atoms with Gasteiger partial charge in [-0.2, -0.15) is 0 Å². The van der Waals surface area contributed by atoms with E-state index in [9.17, 15) is 4.39 Å². The van der Waals surface area contributed by atoms with Gasteiger partial charge in [0.25, 0.3) is 0 Å². The van der Waals surface area contributed by atoms with Crippen LogP contribution < -0.4 is 10.6 Å². The molecule has 1 aromatic rings. The van der Waals surface area contributed by atoms with E-state index in [1.165, 1.54) is 0 Å². The lowest BCUT2D eigenvalue weighted by molar-refractivity contribution is 0.494. The molecule has 0 radical (unpaired) electrons. The molecule has 0 aliphatic carbocycles. The molecule has 16 heavy (non-hydrogen) atoms. The van der Waals surface area contributed by atoms with Crippen molar-refractivity contribution in [2.24, 2.45) is 5.73 Å². The van der Waals surface area contributed by atoms with Crippen molar-refractivity contribution in [3.05, 3.63) is 27.4 Å². The molecule has 0 saturated carbocycles. The molecule has 1 aliphatic heterocycles. The second-order valence-corrected chi connectivity index (χ2v) is 5.25. The number of hydrogen-bond acceptors (Lipinski definition) is 2. The third-order valence-corrected chi connectivity index (χ3v) is 4.15. The topological polar surface area (TPSA) is 29.3 Å². The fourth-order valence-corrected chi connectivity index (χ4v) is 2.37. The molecule has 1 aromatic carbocycles. The number of nitrogens with two attached hydrogens (primary N) is 1. The molecule has 0 spiro atoms. The number of benzene rings is 1. The first-order valence-corrected chi connectivity index (χ1v) is 6.40. The average Bonchev–Trinajstić information content (AvgIpc) is 2.28. The fraction of sp³-hybridized carbons (Fsp3) is 0.455. The van der Waals surface area contributed by atoms with Crippen LogP contribution in [-0.2, 0) is 0 Å². The van der Waals surface area contributed by atoms with Gasteiger partial charge in [0.2, 0.25) is 0 Å². The van der Waals surface area contributed by atoms with Gasteiger partial charge in [-0.1, -0.05) is 11.6 Å². The number of hydrogen-bond donors (Lipinski definition) is 1. The lowest BCUT2D eigenvalue weighted by Crippen LogP contribution is -2.40. The van der Waals surface area contributed by atoms with Gasteiger partial charge in [-0.3, -0.25) is 0 Å². The summed E-state index contributed by atoms with van der Waals surface area (Å²) < 4.78 is 14.5. The van der Waals surface area contributed by atoms with Crippen molar-refractivity contribution < 1.29 is 4.39 Å². The normalized spacial score (nSPS) is 17.9. The van der Waals surface area contributed by atoms with Gasteiger partial charge in [0.05, 0.1) is 10.7 Å². The Morgan fingerprint density at radius 1 is 1.38 bits per heavy atom. The lowest BCUT2D eigenvalue weighted by Gasteiger charge is -2.32. The van der Waals surface area contributed by atoms with Crippen molar-refractivity contribution in [3.8, 4) is 0 Å². The molecule has 88 valence electrons. The van der Waals surface area contributed by atoms with Gasteiger partial charge in [-0.15, -0.1) is 0 Å². The van der Waals surface area contributed by atoms with Crippen molar-refractivity contribution in [3.63, 3.8) is 0 Å². The maximum absolute atomic E-state index is 13.9. The Hall–Kier alpha value is -0.320. The van der Waals surface area contributed by atoms with Crippen LogP contribution in [-0.4, -0.2) is 19.1 Å². The van der Waals surface area contributed by atoms with Crippen molar-refractivity contribution in [1.29, 1.82) is 0 Å². The Balaban J connectivity index is 2.24. The van der Waals surface area contributed by atoms with E-state index in [0.717, 1.165) is 25.9 Å². The highest BCUT2D eigenvalue weighted by Crippen LogP contribution is 2.33. The molecule has 0 aromatic heterocycles. The Morgan fingerprint density at radius 3 is 2.62 bits per heavy atom. The smallest absolute Gasteiger partial charge is 0.166 e. The maximum atomic E-state index is 13.9. The van der Waals surface area contributed by atoms with Crippen molar-refractivity contribution >= 4 is 33.2 Å². The average molecular weight is 308 g/mol. The molecule has 1 saturated heterocycles. The fourth-order valence-electron chi connectivity index (χ4n) is 1.90. The minimum absolute atomic E-state index is 0.146. The third kappa shape index (κ3) is 2.34. The summed E-state index contributed by atoms with van der Waals surface area (Å²) in [5.74, 6) is -0.355. The van der Waals surface area contributed by atoms with E-state index in [4.69, 9.17) is 17.3 Å². The van der Waals surface area contributed by atoms with E-state index >= 15 is 0 Å². The van der Waals surface area contributed by atoms with Crippen LogP contribution in [0.1, 0.15) is 12.8 Å². The van der Waals surface area contributed by atoms with E-state index in [1.54, 1.807) is 12.1 Å². The third-order valence-electron chi connectivity index (χ3n) is 2.90. The number of halogens is 3. The van der Waals surface area contributed by atoms with E-state index < -0.39 is 0 Å². The molecule has 0 bridgehead atoms. The number of anilines is 1. The van der Waals surface area contributed by atoms with Crippen molar-refractivity contribution in [1.82, 2.24) is 0 Å². The quantitative estimate of drug-likeness (QED) is 0.808. The zero-order valence-corrected chi connectivity index (χ0v) is 11.1. The summed E-state index contributed by atoms with van der Waals surface area (Å²) in [4.78, 5) is 2.00. The van der Waals surface area contributed by atoms with Crippen LogP contribution in [0.25, 0.3) is 0 Å². The first-order valence-electron chi connectivity index (χ1n) is 5.23. The molecule has 2 rings (SSSR count). The minimum atomic E-state index is -0.355. The molecular formula is C11H13BrClFN2. The van der Waals surface area contributed by atoms with E-state index in [2.05, 4.69) is 15.9 Å². The summed E-state index contributed by atoms with van der Waals surface area (Å²) in [6.07, 6.45) is 1.79. The van der Waals surface area contributed by atoms with Crippen LogP contribution in [0.2, 0.25) is 5.02 Å². The lowest BCUT2D eigenvalue weighted by atomic mass is 10.1. The molecular weight excluding hydrogens is 294 g/mol. The summed E-state index contributed by atoms with van der Waals surface area (Å²) in [5.41, 5.74) is 6.38. The summed E-state index contributed by atoms with van der Waals surface area (Å²) in [6.45, 7) is 1.58. The highest BCUT2D eigenvalue weighted by molar-refractivity contribution is 9.10.